The first-order valence-corrected chi connectivity index (χ1v) is 13.8. The van der Waals surface area contributed by atoms with Gasteiger partial charge >= 0.3 is 0 Å². The SMILES string of the molecule is COc1cc(C)c(S(=O)(=O)N(C)CCN(C)CC(=O)NCC2CCN(c3ccncc3)CC2)c(C)c1. The van der Waals surface area contributed by atoms with Crippen LogP contribution < -0.4 is 15.0 Å². The minimum atomic E-state index is -3.66. The number of rotatable bonds is 11. The lowest BCUT2D eigenvalue weighted by atomic mass is 9.96. The van der Waals surface area contributed by atoms with Crippen LogP contribution in [0.1, 0.15) is 24.0 Å². The summed E-state index contributed by atoms with van der Waals surface area (Å²) >= 11 is 0. The van der Waals surface area contributed by atoms with Crippen LogP contribution in [-0.2, 0) is 14.8 Å². The third-order valence-electron chi connectivity index (χ3n) is 6.78. The molecule has 3 rings (SSSR count). The van der Waals surface area contributed by atoms with Crippen LogP contribution in [0.15, 0.2) is 41.6 Å². The molecule has 0 radical (unpaired) electrons. The molecule has 1 aliphatic heterocycles. The van der Waals surface area contributed by atoms with E-state index in [4.69, 9.17) is 4.74 Å². The van der Waals surface area contributed by atoms with E-state index < -0.39 is 10.0 Å². The fourth-order valence-electron chi connectivity index (χ4n) is 4.61. The van der Waals surface area contributed by atoms with Gasteiger partial charge in [-0.15, -0.1) is 0 Å². The number of nitrogens with one attached hydrogen (secondary N) is 1. The standard InChI is InChI=1S/C26H39N5O4S/c1-20-16-24(35-5)17-21(2)26(20)36(33,34)30(4)15-14-29(3)19-25(32)28-18-22-8-12-31(13-9-22)23-6-10-27-11-7-23/h6-7,10-11,16-17,22H,8-9,12-15,18-19H2,1-5H3,(H,28,32). The molecule has 0 bridgehead atoms. The van der Waals surface area contributed by atoms with Gasteiger partial charge < -0.3 is 15.0 Å². The van der Waals surface area contributed by atoms with Crippen LogP contribution in [0, 0.1) is 19.8 Å². The number of hydrogen-bond donors (Lipinski definition) is 1. The Morgan fingerprint density at radius 3 is 2.31 bits per heavy atom. The molecule has 198 valence electrons. The molecule has 1 amide bonds. The Hall–Kier alpha value is -2.69. The maximum absolute atomic E-state index is 13.2. The Morgan fingerprint density at radius 2 is 1.72 bits per heavy atom. The average molecular weight is 518 g/mol. The van der Waals surface area contributed by atoms with Gasteiger partial charge in [-0.3, -0.25) is 14.7 Å². The lowest BCUT2D eigenvalue weighted by molar-refractivity contribution is -0.122. The first-order chi connectivity index (χ1) is 17.1. The molecule has 1 N–H and O–H groups in total. The molecule has 10 heteroatoms. The molecule has 0 saturated carbocycles. The predicted octanol–water partition coefficient (Wildman–Crippen LogP) is 2.29. The number of sulfonamides is 1. The second kappa shape index (κ2) is 12.5. The van der Waals surface area contributed by atoms with Gasteiger partial charge in [0, 0.05) is 57.9 Å². The normalized spacial score (nSPS) is 14.9. The molecule has 1 saturated heterocycles. The Balaban J connectivity index is 1.41. The van der Waals surface area contributed by atoms with Crippen molar-refractivity contribution in [1.82, 2.24) is 19.5 Å². The Labute approximate surface area is 215 Å². The van der Waals surface area contributed by atoms with Gasteiger partial charge in [0.1, 0.15) is 5.75 Å². The smallest absolute Gasteiger partial charge is 0.243 e. The van der Waals surface area contributed by atoms with Crippen molar-refractivity contribution in [2.24, 2.45) is 5.92 Å². The molecule has 0 unspecified atom stereocenters. The lowest BCUT2D eigenvalue weighted by Gasteiger charge is -2.33. The second-order valence-corrected chi connectivity index (χ2v) is 11.6. The zero-order valence-electron chi connectivity index (χ0n) is 22.0. The van der Waals surface area contributed by atoms with E-state index in [9.17, 15) is 13.2 Å². The van der Waals surface area contributed by atoms with Crippen molar-refractivity contribution < 1.29 is 17.9 Å². The van der Waals surface area contributed by atoms with E-state index in [-0.39, 0.29) is 19.0 Å². The number of methoxy groups -OCH3 is 1. The highest BCUT2D eigenvalue weighted by molar-refractivity contribution is 7.89. The molecule has 2 heterocycles. The van der Waals surface area contributed by atoms with Crippen molar-refractivity contribution in [2.75, 3.05) is 65.4 Å². The molecule has 1 fully saturated rings. The number of ether oxygens (including phenoxy) is 1. The van der Waals surface area contributed by atoms with Gasteiger partial charge in [-0.1, -0.05) is 0 Å². The molecule has 0 spiro atoms. The van der Waals surface area contributed by atoms with Crippen molar-refractivity contribution in [3.8, 4) is 5.75 Å². The number of piperidine rings is 1. The number of aryl methyl sites for hydroxylation is 2. The van der Waals surface area contributed by atoms with Crippen molar-refractivity contribution >= 4 is 21.6 Å². The van der Waals surface area contributed by atoms with Gasteiger partial charge in [0.05, 0.1) is 18.6 Å². The number of amides is 1. The third kappa shape index (κ3) is 7.18. The van der Waals surface area contributed by atoms with Crippen LogP contribution in [0.25, 0.3) is 0 Å². The van der Waals surface area contributed by atoms with Crippen LogP contribution in [0.2, 0.25) is 0 Å². The Kier molecular flexibility index (Phi) is 9.69. The second-order valence-electron chi connectivity index (χ2n) is 9.59. The van der Waals surface area contributed by atoms with Gasteiger partial charge in [0.2, 0.25) is 15.9 Å². The van der Waals surface area contributed by atoms with E-state index in [0.29, 0.717) is 40.8 Å². The van der Waals surface area contributed by atoms with Crippen molar-refractivity contribution in [1.29, 1.82) is 0 Å². The summed E-state index contributed by atoms with van der Waals surface area (Å²) in [4.78, 5) is 21.1. The molecule has 36 heavy (non-hydrogen) atoms. The van der Waals surface area contributed by atoms with Gasteiger partial charge in [-0.25, -0.2) is 8.42 Å². The number of pyridine rings is 1. The first-order valence-electron chi connectivity index (χ1n) is 12.3. The number of aromatic nitrogens is 1. The summed E-state index contributed by atoms with van der Waals surface area (Å²) in [6.07, 6.45) is 5.69. The summed E-state index contributed by atoms with van der Waals surface area (Å²) in [6, 6.07) is 7.51. The molecule has 1 aliphatic rings. The summed E-state index contributed by atoms with van der Waals surface area (Å²) < 4.78 is 33.0. The zero-order valence-corrected chi connectivity index (χ0v) is 22.8. The predicted molar refractivity (Wildman–Crippen MR) is 142 cm³/mol. The van der Waals surface area contributed by atoms with Crippen LogP contribution in [0.5, 0.6) is 5.75 Å². The quantitative estimate of drug-likeness (QED) is 0.489. The number of carbonyl (C=O) groups excluding carboxylic acids is 1. The number of benzene rings is 1. The largest absolute Gasteiger partial charge is 0.497 e. The molecule has 2 aromatic rings. The maximum atomic E-state index is 13.2. The van der Waals surface area contributed by atoms with E-state index in [0.717, 1.165) is 25.9 Å². The van der Waals surface area contributed by atoms with E-state index in [1.165, 1.54) is 9.99 Å². The van der Waals surface area contributed by atoms with E-state index in [2.05, 4.69) is 15.2 Å². The van der Waals surface area contributed by atoms with Crippen LogP contribution in [-0.4, -0.2) is 89.0 Å². The monoisotopic (exact) mass is 517 g/mol. The maximum Gasteiger partial charge on any atom is 0.243 e. The summed E-state index contributed by atoms with van der Waals surface area (Å²) in [5.74, 6) is 1.06. The van der Waals surface area contributed by atoms with Crippen molar-refractivity contribution in [3.05, 3.63) is 47.8 Å². The molecule has 0 atom stereocenters. The van der Waals surface area contributed by atoms with Gasteiger partial charge in [-0.05, 0) is 75.0 Å². The first kappa shape index (κ1) is 27.9. The number of likely N-dealkylation sites (N-methyl/N-ethyl adjacent to an activating group) is 2. The molecule has 9 nitrogen and oxygen atoms in total. The highest BCUT2D eigenvalue weighted by Crippen LogP contribution is 2.27. The van der Waals surface area contributed by atoms with E-state index in [1.807, 2.05) is 36.5 Å². The number of nitrogens with zero attached hydrogens (tertiary/aromatic N) is 4. The molecule has 1 aromatic heterocycles. The Bertz CT molecular complexity index is 1100. The van der Waals surface area contributed by atoms with Crippen LogP contribution >= 0.6 is 0 Å². The van der Waals surface area contributed by atoms with Crippen molar-refractivity contribution in [3.63, 3.8) is 0 Å². The minimum Gasteiger partial charge on any atom is -0.497 e. The van der Waals surface area contributed by atoms with Gasteiger partial charge in [-0.2, -0.15) is 4.31 Å². The average Bonchev–Trinajstić information content (AvgIpc) is 2.86. The van der Waals surface area contributed by atoms with Crippen LogP contribution in [0.3, 0.4) is 0 Å². The summed E-state index contributed by atoms with van der Waals surface area (Å²) in [6.45, 7) is 7.11. The molecular weight excluding hydrogens is 478 g/mol. The topological polar surface area (TPSA) is 95.1 Å². The molecular formula is C26H39N5O4S. The minimum absolute atomic E-state index is 0.0404. The summed E-state index contributed by atoms with van der Waals surface area (Å²) in [5, 5.41) is 3.05. The van der Waals surface area contributed by atoms with Crippen molar-refractivity contribution in [2.45, 2.75) is 31.6 Å². The third-order valence-corrected chi connectivity index (χ3v) is 8.94. The summed E-state index contributed by atoms with van der Waals surface area (Å²) in [7, 11) is 1.31. The lowest BCUT2D eigenvalue weighted by Crippen LogP contribution is -2.42. The number of hydrogen-bond acceptors (Lipinski definition) is 7. The fraction of sp³-hybridized carbons (Fsp3) is 0.538. The highest BCUT2D eigenvalue weighted by atomic mass is 32.2. The number of anilines is 1. The molecule has 0 aliphatic carbocycles. The number of carbonyl (C=O) groups is 1. The van der Waals surface area contributed by atoms with Gasteiger partial charge in [0.15, 0.2) is 0 Å². The van der Waals surface area contributed by atoms with E-state index >= 15 is 0 Å². The zero-order chi connectivity index (χ0) is 26.3. The van der Waals surface area contributed by atoms with E-state index in [1.54, 1.807) is 40.1 Å². The molecule has 1 aromatic carbocycles. The fourth-order valence-corrected chi connectivity index (χ4v) is 6.18. The highest BCUT2D eigenvalue weighted by Gasteiger charge is 2.26. The summed E-state index contributed by atoms with van der Waals surface area (Å²) in [5.41, 5.74) is 2.49. The van der Waals surface area contributed by atoms with Crippen LogP contribution in [0.4, 0.5) is 5.69 Å². The van der Waals surface area contributed by atoms with Gasteiger partial charge in [0.25, 0.3) is 0 Å². The Morgan fingerprint density at radius 1 is 1.11 bits per heavy atom.